The molecule has 4 rings (SSSR count). The number of piperidine rings is 1. The lowest BCUT2D eigenvalue weighted by atomic mass is 9.86. The van der Waals surface area contributed by atoms with Gasteiger partial charge in [-0.1, -0.05) is 19.3 Å². The minimum Gasteiger partial charge on any atom is -0.336 e. The third-order valence-corrected chi connectivity index (χ3v) is 6.37. The third kappa shape index (κ3) is 2.58. The van der Waals surface area contributed by atoms with E-state index < -0.39 is 0 Å². The Morgan fingerprint density at radius 1 is 0.783 bits per heavy atom. The first-order valence-corrected chi connectivity index (χ1v) is 9.32. The van der Waals surface area contributed by atoms with E-state index in [2.05, 4.69) is 4.90 Å². The van der Waals surface area contributed by atoms with E-state index in [-0.39, 0.29) is 35.9 Å². The Bertz CT molecular complexity index is 496. The smallest absolute Gasteiger partial charge is 0.229 e. The van der Waals surface area contributed by atoms with E-state index in [4.69, 9.17) is 0 Å². The molecular weight excluding hydrogens is 292 g/mol. The fourth-order valence-corrected chi connectivity index (χ4v) is 5.28. The predicted octanol–water partition coefficient (Wildman–Crippen LogP) is 2.24. The maximum Gasteiger partial charge on any atom is 0.229 e. The monoisotopic (exact) mass is 318 g/mol. The summed E-state index contributed by atoms with van der Waals surface area (Å²) in [6.07, 6.45) is 10.1. The van der Waals surface area contributed by atoms with Crippen LogP contribution in [0.3, 0.4) is 0 Å². The number of imide groups is 1. The van der Waals surface area contributed by atoms with Gasteiger partial charge in [-0.15, -0.1) is 0 Å². The fraction of sp³-hybridized carbons (Fsp3) is 0.833. The van der Waals surface area contributed by atoms with Gasteiger partial charge in [0.15, 0.2) is 0 Å². The average molecular weight is 318 g/mol. The molecule has 3 amide bonds. The highest BCUT2D eigenvalue weighted by molar-refractivity contribution is 6.02. The van der Waals surface area contributed by atoms with Gasteiger partial charge in [0.1, 0.15) is 0 Å². The lowest BCUT2D eigenvalue weighted by molar-refractivity contribution is -0.146. The van der Waals surface area contributed by atoms with E-state index in [9.17, 15) is 14.4 Å². The molecule has 0 spiro atoms. The maximum absolute atomic E-state index is 12.9. The van der Waals surface area contributed by atoms with Crippen molar-refractivity contribution >= 4 is 17.7 Å². The van der Waals surface area contributed by atoms with Crippen LogP contribution < -0.4 is 0 Å². The molecule has 3 aliphatic heterocycles. The quantitative estimate of drug-likeness (QED) is 0.734. The van der Waals surface area contributed by atoms with Gasteiger partial charge in [0.2, 0.25) is 17.7 Å². The minimum atomic E-state index is -0.00791. The molecule has 0 radical (unpaired) electrons. The third-order valence-electron chi connectivity index (χ3n) is 6.37. The number of likely N-dealkylation sites (tertiary alicyclic amines) is 1. The van der Waals surface area contributed by atoms with Gasteiger partial charge < -0.3 is 4.90 Å². The molecule has 23 heavy (non-hydrogen) atoms. The van der Waals surface area contributed by atoms with Crippen molar-refractivity contribution in [3.05, 3.63) is 0 Å². The minimum absolute atomic E-state index is 0.00791. The number of nitrogens with zero attached hydrogens (tertiary/aromatic N) is 2. The molecule has 5 nitrogen and oxygen atoms in total. The van der Waals surface area contributed by atoms with Crippen molar-refractivity contribution in [2.24, 2.45) is 5.92 Å². The van der Waals surface area contributed by atoms with Crippen LogP contribution in [0.2, 0.25) is 0 Å². The summed E-state index contributed by atoms with van der Waals surface area (Å²) in [5.74, 6) is 0.561. The van der Waals surface area contributed by atoms with E-state index in [0.29, 0.717) is 18.7 Å². The summed E-state index contributed by atoms with van der Waals surface area (Å²) in [5, 5.41) is 0. The van der Waals surface area contributed by atoms with Gasteiger partial charge in [-0.2, -0.15) is 0 Å². The normalized spacial score (nSPS) is 35.2. The Labute approximate surface area is 137 Å². The summed E-state index contributed by atoms with van der Waals surface area (Å²) < 4.78 is 0. The van der Waals surface area contributed by atoms with E-state index in [1.54, 1.807) is 0 Å². The van der Waals surface area contributed by atoms with Crippen LogP contribution in [0.15, 0.2) is 0 Å². The zero-order valence-electron chi connectivity index (χ0n) is 13.7. The predicted molar refractivity (Wildman–Crippen MR) is 84.3 cm³/mol. The topological polar surface area (TPSA) is 57.7 Å². The number of amides is 3. The Morgan fingerprint density at radius 3 is 1.91 bits per heavy atom. The fourth-order valence-electron chi connectivity index (χ4n) is 5.28. The zero-order chi connectivity index (χ0) is 16.0. The van der Waals surface area contributed by atoms with Crippen LogP contribution >= 0.6 is 0 Å². The van der Waals surface area contributed by atoms with Crippen LogP contribution in [0.25, 0.3) is 0 Å². The Kier molecular flexibility index (Phi) is 3.90. The highest BCUT2D eigenvalue weighted by Crippen LogP contribution is 2.41. The van der Waals surface area contributed by atoms with Crippen molar-refractivity contribution in [3.8, 4) is 0 Å². The van der Waals surface area contributed by atoms with Crippen LogP contribution in [-0.4, -0.2) is 45.6 Å². The van der Waals surface area contributed by atoms with Gasteiger partial charge in [0, 0.05) is 36.9 Å². The first-order valence-electron chi connectivity index (χ1n) is 9.32. The van der Waals surface area contributed by atoms with E-state index in [0.717, 1.165) is 38.5 Å². The van der Waals surface area contributed by atoms with Crippen molar-refractivity contribution < 1.29 is 14.4 Å². The second-order valence-corrected chi connectivity index (χ2v) is 7.75. The molecule has 2 atom stereocenters. The number of fused-ring (bicyclic) bond motifs is 2. The largest absolute Gasteiger partial charge is 0.336 e. The SMILES string of the molecule is O=C1CCC(=O)N1C1CC2CCC(C1)N2C(=O)C1CCCCC1. The average Bonchev–Trinajstić information content (AvgIpc) is 3.03. The first kappa shape index (κ1) is 15.2. The molecule has 0 aromatic heterocycles. The van der Waals surface area contributed by atoms with Crippen LogP contribution in [0.1, 0.15) is 70.6 Å². The maximum atomic E-state index is 12.9. The molecule has 2 unspecified atom stereocenters. The molecule has 0 N–H and O–H groups in total. The molecule has 4 aliphatic rings. The highest BCUT2D eigenvalue weighted by atomic mass is 16.2. The Morgan fingerprint density at radius 2 is 1.35 bits per heavy atom. The molecule has 1 aliphatic carbocycles. The molecule has 126 valence electrons. The standard InChI is InChI=1S/C18H26N2O3/c21-16-8-9-17(22)20(16)15-10-13-6-7-14(11-15)19(13)18(23)12-4-2-1-3-5-12/h12-15H,1-11H2. The van der Waals surface area contributed by atoms with Gasteiger partial charge in [-0.3, -0.25) is 19.3 Å². The molecular formula is C18H26N2O3. The number of hydrogen-bond donors (Lipinski definition) is 0. The van der Waals surface area contributed by atoms with Gasteiger partial charge in [-0.25, -0.2) is 0 Å². The molecule has 2 bridgehead atoms. The summed E-state index contributed by atoms with van der Waals surface area (Å²) in [6, 6.07) is 0.522. The van der Waals surface area contributed by atoms with Crippen LogP contribution in [0.5, 0.6) is 0 Å². The van der Waals surface area contributed by atoms with Gasteiger partial charge >= 0.3 is 0 Å². The first-order chi connectivity index (χ1) is 11.1. The van der Waals surface area contributed by atoms with E-state index in [1.807, 2.05) is 0 Å². The Hall–Kier alpha value is -1.39. The highest BCUT2D eigenvalue weighted by Gasteiger charge is 2.48. The second-order valence-electron chi connectivity index (χ2n) is 7.75. The van der Waals surface area contributed by atoms with Crippen molar-refractivity contribution in [2.45, 2.75) is 88.8 Å². The van der Waals surface area contributed by atoms with Crippen molar-refractivity contribution in [3.63, 3.8) is 0 Å². The number of rotatable bonds is 2. The summed E-state index contributed by atoms with van der Waals surface area (Å²) in [7, 11) is 0. The molecule has 4 fully saturated rings. The van der Waals surface area contributed by atoms with Crippen LogP contribution in [0.4, 0.5) is 0 Å². The zero-order valence-corrected chi connectivity index (χ0v) is 13.7. The van der Waals surface area contributed by atoms with Crippen molar-refractivity contribution in [1.29, 1.82) is 0 Å². The number of carbonyl (C=O) groups is 3. The van der Waals surface area contributed by atoms with Crippen molar-refractivity contribution in [1.82, 2.24) is 9.80 Å². The summed E-state index contributed by atoms with van der Waals surface area (Å²) >= 11 is 0. The molecule has 0 aromatic rings. The Balaban J connectivity index is 1.46. The van der Waals surface area contributed by atoms with Crippen LogP contribution in [0, 0.1) is 5.92 Å². The van der Waals surface area contributed by atoms with Gasteiger partial charge in [-0.05, 0) is 38.5 Å². The number of hydrogen-bond acceptors (Lipinski definition) is 3. The lowest BCUT2D eigenvalue weighted by Gasteiger charge is -2.43. The van der Waals surface area contributed by atoms with E-state index >= 15 is 0 Å². The van der Waals surface area contributed by atoms with Gasteiger partial charge in [0.05, 0.1) is 0 Å². The lowest BCUT2D eigenvalue weighted by Crippen LogP contribution is -2.55. The molecule has 5 heteroatoms. The molecule has 3 saturated heterocycles. The van der Waals surface area contributed by atoms with Crippen LogP contribution in [-0.2, 0) is 14.4 Å². The summed E-state index contributed by atoms with van der Waals surface area (Å²) in [4.78, 5) is 40.6. The molecule has 1 saturated carbocycles. The van der Waals surface area contributed by atoms with Gasteiger partial charge in [0.25, 0.3) is 0 Å². The summed E-state index contributed by atoms with van der Waals surface area (Å²) in [5.41, 5.74) is 0. The van der Waals surface area contributed by atoms with E-state index in [1.165, 1.54) is 24.2 Å². The number of carbonyl (C=O) groups excluding carboxylic acids is 3. The summed E-state index contributed by atoms with van der Waals surface area (Å²) in [6.45, 7) is 0. The van der Waals surface area contributed by atoms with Crippen molar-refractivity contribution in [2.75, 3.05) is 0 Å². The second kappa shape index (κ2) is 5.91. The molecule has 3 heterocycles. The molecule has 0 aromatic carbocycles.